The molecular formula is C29H29F3N4O2S. The second-order valence-electron chi connectivity index (χ2n) is 8.73. The van der Waals surface area contributed by atoms with Crippen molar-refractivity contribution in [3.05, 3.63) is 101 Å². The van der Waals surface area contributed by atoms with Crippen LogP contribution in [0.25, 0.3) is 5.69 Å². The lowest BCUT2D eigenvalue weighted by Crippen LogP contribution is -2.29. The highest BCUT2D eigenvalue weighted by Gasteiger charge is 2.30. The Balaban J connectivity index is 1.59. The number of carbonyl (C=O) groups excluding carboxylic acids is 1. The molecule has 0 aliphatic rings. The molecule has 0 bridgehead atoms. The standard InChI is InChI=1S/C29H29F3N4O2S/c1-3-21-11-9-12-22(4-2)27(21)36-25(17-33-26(37)18-38-24-14-6-5-7-15-24)34-35-28(36)39-19-20-10-8-13-23(16-20)29(30,31)32/h5-16H,3-4,17-19H2,1-2H3,(H,33,37). The highest BCUT2D eigenvalue weighted by atomic mass is 32.2. The number of carbonyl (C=O) groups is 1. The molecule has 0 saturated carbocycles. The van der Waals surface area contributed by atoms with Gasteiger partial charge in [-0.1, -0.05) is 80.2 Å². The van der Waals surface area contributed by atoms with E-state index in [1.165, 1.54) is 17.8 Å². The molecule has 204 valence electrons. The Kier molecular flexibility index (Phi) is 9.29. The summed E-state index contributed by atoms with van der Waals surface area (Å²) in [5.41, 5.74) is 2.93. The van der Waals surface area contributed by atoms with Crippen molar-refractivity contribution >= 4 is 17.7 Å². The molecule has 0 atom stereocenters. The van der Waals surface area contributed by atoms with Gasteiger partial charge in [-0.05, 0) is 47.7 Å². The number of halogens is 3. The number of benzene rings is 3. The number of aromatic nitrogens is 3. The van der Waals surface area contributed by atoms with Crippen LogP contribution in [0.4, 0.5) is 13.2 Å². The third kappa shape index (κ3) is 7.20. The molecule has 1 amide bonds. The average Bonchev–Trinajstić information content (AvgIpc) is 3.35. The summed E-state index contributed by atoms with van der Waals surface area (Å²) in [5.74, 6) is 1.07. The van der Waals surface area contributed by atoms with Crippen molar-refractivity contribution in [1.29, 1.82) is 0 Å². The predicted octanol–water partition coefficient (Wildman–Crippen LogP) is 6.40. The van der Waals surface area contributed by atoms with E-state index in [1.54, 1.807) is 18.2 Å². The molecule has 0 radical (unpaired) electrons. The normalized spacial score (nSPS) is 11.4. The number of nitrogens with one attached hydrogen (secondary N) is 1. The predicted molar refractivity (Wildman–Crippen MR) is 145 cm³/mol. The first-order chi connectivity index (χ1) is 18.8. The molecule has 10 heteroatoms. The van der Waals surface area contributed by atoms with Crippen LogP contribution >= 0.6 is 11.8 Å². The summed E-state index contributed by atoms with van der Waals surface area (Å²) in [7, 11) is 0. The van der Waals surface area contributed by atoms with Crippen molar-refractivity contribution in [2.75, 3.05) is 6.61 Å². The first-order valence-corrected chi connectivity index (χ1v) is 13.6. The topological polar surface area (TPSA) is 69.0 Å². The first kappa shape index (κ1) is 28.2. The maximum atomic E-state index is 13.2. The Hall–Kier alpha value is -3.79. The van der Waals surface area contributed by atoms with E-state index in [-0.39, 0.29) is 24.8 Å². The second kappa shape index (κ2) is 12.8. The van der Waals surface area contributed by atoms with Crippen LogP contribution in [0.1, 0.15) is 41.9 Å². The quantitative estimate of drug-likeness (QED) is 0.217. The molecule has 0 spiro atoms. The van der Waals surface area contributed by atoms with Crippen LogP contribution in [0.2, 0.25) is 0 Å². The van der Waals surface area contributed by atoms with Gasteiger partial charge >= 0.3 is 6.18 Å². The van der Waals surface area contributed by atoms with E-state index in [9.17, 15) is 18.0 Å². The zero-order valence-corrected chi connectivity index (χ0v) is 22.5. The summed E-state index contributed by atoms with van der Waals surface area (Å²) < 4.78 is 47.1. The van der Waals surface area contributed by atoms with Crippen molar-refractivity contribution in [1.82, 2.24) is 20.1 Å². The molecule has 0 fully saturated rings. The van der Waals surface area contributed by atoms with Crippen LogP contribution in [-0.4, -0.2) is 27.3 Å². The highest BCUT2D eigenvalue weighted by Crippen LogP contribution is 2.33. The Labute approximate surface area is 229 Å². The van der Waals surface area contributed by atoms with Crippen LogP contribution in [0.3, 0.4) is 0 Å². The lowest BCUT2D eigenvalue weighted by molar-refractivity contribution is -0.137. The van der Waals surface area contributed by atoms with Crippen LogP contribution in [0.15, 0.2) is 78.0 Å². The van der Waals surface area contributed by atoms with E-state index < -0.39 is 11.7 Å². The lowest BCUT2D eigenvalue weighted by atomic mass is 10.0. The van der Waals surface area contributed by atoms with E-state index >= 15 is 0 Å². The van der Waals surface area contributed by atoms with E-state index in [1.807, 2.05) is 41.0 Å². The van der Waals surface area contributed by atoms with Gasteiger partial charge in [0, 0.05) is 5.75 Å². The second-order valence-corrected chi connectivity index (χ2v) is 9.67. The Morgan fingerprint density at radius 2 is 1.64 bits per heavy atom. The number of aryl methyl sites for hydroxylation is 2. The Morgan fingerprint density at radius 1 is 0.949 bits per heavy atom. The first-order valence-electron chi connectivity index (χ1n) is 12.6. The number of thioether (sulfide) groups is 1. The molecule has 4 aromatic rings. The number of nitrogens with zero attached hydrogens (tertiary/aromatic N) is 3. The Morgan fingerprint density at radius 3 is 2.31 bits per heavy atom. The van der Waals surface area contributed by atoms with Crippen LogP contribution < -0.4 is 10.1 Å². The van der Waals surface area contributed by atoms with Gasteiger partial charge < -0.3 is 10.1 Å². The number of ether oxygens (including phenoxy) is 1. The van der Waals surface area contributed by atoms with Crippen LogP contribution in [0, 0.1) is 0 Å². The summed E-state index contributed by atoms with van der Waals surface area (Å²) in [6.07, 6.45) is -2.89. The van der Waals surface area contributed by atoms with Gasteiger partial charge in [-0.2, -0.15) is 13.2 Å². The van der Waals surface area contributed by atoms with Crippen LogP contribution in [0.5, 0.6) is 5.75 Å². The monoisotopic (exact) mass is 554 g/mol. The lowest BCUT2D eigenvalue weighted by Gasteiger charge is -2.18. The molecule has 39 heavy (non-hydrogen) atoms. The fourth-order valence-electron chi connectivity index (χ4n) is 4.11. The molecule has 1 heterocycles. The SMILES string of the molecule is CCc1cccc(CC)c1-n1c(CNC(=O)COc2ccccc2)nnc1SCc1cccc(C(F)(F)F)c1. The molecule has 3 aromatic carbocycles. The van der Waals surface area contributed by atoms with Gasteiger partial charge in [-0.25, -0.2) is 0 Å². The van der Waals surface area contributed by atoms with Crippen molar-refractivity contribution in [3.8, 4) is 11.4 Å². The molecule has 4 rings (SSSR count). The van der Waals surface area contributed by atoms with Gasteiger partial charge in [-0.15, -0.1) is 10.2 Å². The van der Waals surface area contributed by atoms with Gasteiger partial charge in [0.1, 0.15) is 5.75 Å². The van der Waals surface area contributed by atoms with Gasteiger partial charge in [0.15, 0.2) is 17.6 Å². The summed E-state index contributed by atoms with van der Waals surface area (Å²) in [6.45, 7) is 4.07. The van der Waals surface area contributed by atoms with Crippen molar-refractivity contribution < 1.29 is 22.7 Å². The smallest absolute Gasteiger partial charge is 0.416 e. The summed E-state index contributed by atoms with van der Waals surface area (Å²) in [4.78, 5) is 12.5. The Bertz CT molecular complexity index is 1390. The third-order valence-electron chi connectivity index (χ3n) is 6.07. The van der Waals surface area contributed by atoms with E-state index in [4.69, 9.17) is 4.74 Å². The number of alkyl halides is 3. The molecule has 0 saturated heterocycles. The van der Waals surface area contributed by atoms with Gasteiger partial charge in [0.25, 0.3) is 5.91 Å². The van der Waals surface area contributed by atoms with Crippen molar-refractivity contribution in [3.63, 3.8) is 0 Å². The van der Waals surface area contributed by atoms with Gasteiger partial charge in [0.2, 0.25) is 0 Å². The fourth-order valence-corrected chi connectivity index (χ4v) is 5.01. The van der Waals surface area contributed by atoms with Crippen LogP contribution in [-0.2, 0) is 36.1 Å². The van der Waals surface area contributed by atoms with Gasteiger partial charge in [-0.3, -0.25) is 9.36 Å². The number of hydrogen-bond acceptors (Lipinski definition) is 5. The average molecular weight is 555 g/mol. The highest BCUT2D eigenvalue weighted by molar-refractivity contribution is 7.98. The summed E-state index contributed by atoms with van der Waals surface area (Å²) in [5, 5.41) is 12.1. The molecule has 0 aliphatic carbocycles. The number of rotatable bonds is 11. The minimum atomic E-state index is -4.41. The summed E-state index contributed by atoms with van der Waals surface area (Å²) >= 11 is 1.30. The molecule has 0 aliphatic heterocycles. The fraction of sp³-hybridized carbons (Fsp3) is 0.276. The molecular weight excluding hydrogens is 525 g/mol. The number of para-hydroxylation sites is 2. The molecule has 1 N–H and O–H groups in total. The van der Waals surface area contributed by atoms with E-state index in [0.29, 0.717) is 22.3 Å². The minimum absolute atomic E-state index is 0.106. The van der Waals surface area contributed by atoms with E-state index in [0.717, 1.165) is 41.8 Å². The van der Waals surface area contributed by atoms with E-state index in [2.05, 4.69) is 29.4 Å². The van der Waals surface area contributed by atoms with Crippen molar-refractivity contribution in [2.45, 2.75) is 50.3 Å². The third-order valence-corrected chi connectivity index (χ3v) is 7.07. The summed E-state index contributed by atoms with van der Waals surface area (Å²) in [6, 6.07) is 20.4. The zero-order chi connectivity index (χ0) is 27.8. The van der Waals surface area contributed by atoms with Gasteiger partial charge in [0.05, 0.1) is 17.8 Å². The molecule has 6 nitrogen and oxygen atoms in total. The number of hydrogen-bond donors (Lipinski definition) is 1. The molecule has 0 unspecified atom stereocenters. The minimum Gasteiger partial charge on any atom is -0.484 e. The van der Waals surface area contributed by atoms with Crippen molar-refractivity contribution in [2.24, 2.45) is 0 Å². The largest absolute Gasteiger partial charge is 0.484 e. The molecule has 1 aromatic heterocycles. The number of amides is 1. The maximum Gasteiger partial charge on any atom is 0.416 e. The maximum absolute atomic E-state index is 13.2. The zero-order valence-electron chi connectivity index (χ0n) is 21.7.